The Hall–Kier alpha value is -1.52. The summed E-state index contributed by atoms with van der Waals surface area (Å²) in [6.45, 7) is 9.68. The molecule has 1 N–H and O–H groups in total. The minimum Gasteiger partial charge on any atom is -0.444 e. The summed E-state index contributed by atoms with van der Waals surface area (Å²) >= 11 is 0. The summed E-state index contributed by atoms with van der Waals surface area (Å²) in [4.78, 5) is 21.7. The van der Waals surface area contributed by atoms with Crippen molar-refractivity contribution < 1.29 is 9.53 Å². The quantitative estimate of drug-likeness (QED) is 0.848. The number of carbonyl (C=O) groups is 1. The minimum atomic E-state index is -0.469. The lowest BCUT2D eigenvalue weighted by atomic mass is 10.2. The van der Waals surface area contributed by atoms with Crippen molar-refractivity contribution in [3.05, 3.63) is 17.7 Å². The maximum atomic E-state index is 12.3. The molecule has 0 saturated carbocycles. The lowest BCUT2D eigenvalue weighted by molar-refractivity contribution is 0.0151. The van der Waals surface area contributed by atoms with E-state index in [0.717, 1.165) is 24.4 Å². The number of nitrogens with zero attached hydrogens (tertiary/aromatic N) is 2. The summed E-state index contributed by atoms with van der Waals surface area (Å²) in [5.41, 5.74) is 0.543. The molecule has 5 nitrogen and oxygen atoms in total. The van der Waals surface area contributed by atoms with Crippen LogP contribution in [0.25, 0.3) is 0 Å². The van der Waals surface area contributed by atoms with Crippen LogP contribution in [-0.4, -0.2) is 32.6 Å². The Balaban J connectivity index is 2.18. The molecule has 5 heteroatoms. The molecular formula is C14H23N3O2. The van der Waals surface area contributed by atoms with Gasteiger partial charge in [-0.25, -0.2) is 9.78 Å². The Labute approximate surface area is 114 Å². The highest BCUT2D eigenvalue weighted by atomic mass is 16.6. The summed E-state index contributed by atoms with van der Waals surface area (Å²) in [6, 6.07) is 0.184. The molecule has 1 amide bonds. The van der Waals surface area contributed by atoms with E-state index in [4.69, 9.17) is 4.74 Å². The topological polar surface area (TPSA) is 58.2 Å². The lowest BCUT2D eigenvalue weighted by Crippen LogP contribution is -2.40. The standard InChI is InChI=1S/C14H23N3O2/c1-9-8-15-12(16-9)11-7-6-10(2)17(11)13(18)19-14(3,4)5/h8,10-11H,6-7H2,1-5H3,(H,15,16)/t10-,11-/m0/s1. The molecule has 0 aliphatic carbocycles. The van der Waals surface area contributed by atoms with Gasteiger partial charge in [0.05, 0.1) is 6.04 Å². The molecule has 1 fully saturated rings. The molecule has 2 rings (SSSR count). The van der Waals surface area contributed by atoms with Crippen LogP contribution >= 0.6 is 0 Å². The molecule has 19 heavy (non-hydrogen) atoms. The molecule has 0 spiro atoms. The van der Waals surface area contributed by atoms with Crippen molar-refractivity contribution in [1.82, 2.24) is 14.9 Å². The Morgan fingerprint density at radius 3 is 2.68 bits per heavy atom. The zero-order chi connectivity index (χ0) is 14.2. The highest BCUT2D eigenvalue weighted by Crippen LogP contribution is 2.35. The third-order valence-electron chi connectivity index (χ3n) is 3.31. The van der Waals surface area contributed by atoms with Crippen LogP contribution in [0.15, 0.2) is 6.20 Å². The summed E-state index contributed by atoms with van der Waals surface area (Å²) < 4.78 is 5.50. The fourth-order valence-electron chi connectivity index (χ4n) is 2.48. The third-order valence-corrected chi connectivity index (χ3v) is 3.31. The normalized spacial score (nSPS) is 23.7. The molecule has 106 valence electrons. The van der Waals surface area contributed by atoms with Crippen molar-refractivity contribution in [2.45, 2.75) is 65.1 Å². The number of aromatic amines is 1. The number of imidazole rings is 1. The average Bonchev–Trinajstić information content (AvgIpc) is 2.81. The number of likely N-dealkylation sites (tertiary alicyclic amines) is 1. The first kappa shape index (κ1) is 13.9. The van der Waals surface area contributed by atoms with E-state index < -0.39 is 5.60 Å². The summed E-state index contributed by atoms with van der Waals surface area (Å²) in [5.74, 6) is 0.854. The van der Waals surface area contributed by atoms with Crippen molar-refractivity contribution in [2.75, 3.05) is 0 Å². The van der Waals surface area contributed by atoms with E-state index >= 15 is 0 Å². The maximum absolute atomic E-state index is 12.3. The number of nitrogens with one attached hydrogen (secondary N) is 1. The molecule has 2 atom stereocenters. The van der Waals surface area contributed by atoms with Gasteiger partial charge in [0.1, 0.15) is 11.4 Å². The van der Waals surface area contributed by atoms with Gasteiger partial charge in [-0.2, -0.15) is 0 Å². The van der Waals surface area contributed by atoms with Gasteiger partial charge in [0.2, 0.25) is 0 Å². The predicted octanol–water partition coefficient (Wildman–Crippen LogP) is 3.18. The largest absolute Gasteiger partial charge is 0.444 e. The Morgan fingerprint density at radius 1 is 1.47 bits per heavy atom. The van der Waals surface area contributed by atoms with Gasteiger partial charge in [0, 0.05) is 17.9 Å². The number of rotatable bonds is 1. The van der Waals surface area contributed by atoms with Crippen LogP contribution in [0.1, 0.15) is 58.1 Å². The summed E-state index contributed by atoms with van der Waals surface area (Å²) in [7, 11) is 0. The highest BCUT2D eigenvalue weighted by molar-refractivity contribution is 5.69. The van der Waals surface area contributed by atoms with Crippen LogP contribution in [0.4, 0.5) is 4.79 Å². The Kier molecular flexibility index (Phi) is 3.56. The van der Waals surface area contributed by atoms with Crippen LogP contribution in [-0.2, 0) is 4.74 Å². The van der Waals surface area contributed by atoms with Crippen LogP contribution in [0.2, 0.25) is 0 Å². The van der Waals surface area contributed by atoms with Gasteiger partial charge >= 0.3 is 6.09 Å². The number of hydrogen-bond donors (Lipinski definition) is 1. The van der Waals surface area contributed by atoms with Crippen LogP contribution in [0, 0.1) is 6.92 Å². The summed E-state index contributed by atoms with van der Waals surface area (Å²) in [6.07, 6.45) is 3.44. The lowest BCUT2D eigenvalue weighted by Gasteiger charge is -2.30. The van der Waals surface area contributed by atoms with Crippen molar-refractivity contribution in [2.24, 2.45) is 0 Å². The minimum absolute atomic E-state index is 0.00134. The SMILES string of the molecule is Cc1cnc([C@@H]2CC[C@H](C)N2C(=O)OC(C)(C)C)[nH]1. The van der Waals surface area contributed by atoms with E-state index in [-0.39, 0.29) is 18.2 Å². The van der Waals surface area contributed by atoms with Crippen molar-refractivity contribution >= 4 is 6.09 Å². The molecule has 0 radical (unpaired) electrons. The van der Waals surface area contributed by atoms with Gasteiger partial charge in [-0.15, -0.1) is 0 Å². The van der Waals surface area contributed by atoms with Gasteiger partial charge in [0.25, 0.3) is 0 Å². The zero-order valence-corrected chi connectivity index (χ0v) is 12.4. The molecular weight excluding hydrogens is 242 g/mol. The van der Waals surface area contributed by atoms with Gasteiger partial charge in [-0.3, -0.25) is 4.90 Å². The number of amides is 1. The molecule has 1 aliphatic heterocycles. The molecule has 1 saturated heterocycles. The predicted molar refractivity (Wildman–Crippen MR) is 72.8 cm³/mol. The van der Waals surface area contributed by atoms with Gasteiger partial charge in [-0.05, 0) is 47.5 Å². The highest BCUT2D eigenvalue weighted by Gasteiger charge is 2.39. The first-order chi connectivity index (χ1) is 8.78. The van der Waals surface area contributed by atoms with Gasteiger partial charge < -0.3 is 9.72 Å². The number of aryl methyl sites for hydroxylation is 1. The molecule has 1 aliphatic rings. The Bertz CT molecular complexity index is 462. The van der Waals surface area contributed by atoms with Gasteiger partial charge in [-0.1, -0.05) is 0 Å². The average molecular weight is 265 g/mol. The van der Waals surface area contributed by atoms with E-state index in [9.17, 15) is 4.79 Å². The second kappa shape index (κ2) is 4.87. The van der Waals surface area contributed by atoms with E-state index in [0.29, 0.717) is 0 Å². The molecule has 2 heterocycles. The van der Waals surface area contributed by atoms with E-state index in [1.807, 2.05) is 32.6 Å². The molecule has 0 aromatic carbocycles. The summed E-state index contributed by atoms with van der Waals surface area (Å²) in [5, 5.41) is 0. The van der Waals surface area contributed by atoms with Crippen molar-refractivity contribution in [3.63, 3.8) is 0 Å². The monoisotopic (exact) mass is 265 g/mol. The van der Waals surface area contributed by atoms with Crippen molar-refractivity contribution in [3.8, 4) is 0 Å². The van der Waals surface area contributed by atoms with E-state index in [1.165, 1.54) is 0 Å². The number of aromatic nitrogens is 2. The second-order valence-corrected chi connectivity index (χ2v) is 6.28. The number of hydrogen-bond acceptors (Lipinski definition) is 3. The van der Waals surface area contributed by atoms with E-state index in [2.05, 4.69) is 16.9 Å². The molecule has 1 aromatic heterocycles. The van der Waals surface area contributed by atoms with Crippen LogP contribution in [0.5, 0.6) is 0 Å². The number of carbonyl (C=O) groups excluding carboxylic acids is 1. The van der Waals surface area contributed by atoms with Crippen LogP contribution in [0.3, 0.4) is 0 Å². The zero-order valence-electron chi connectivity index (χ0n) is 12.4. The van der Waals surface area contributed by atoms with Crippen LogP contribution < -0.4 is 0 Å². The number of ether oxygens (including phenoxy) is 1. The van der Waals surface area contributed by atoms with E-state index in [1.54, 1.807) is 6.20 Å². The molecule has 0 unspecified atom stereocenters. The molecule has 1 aromatic rings. The molecule has 0 bridgehead atoms. The second-order valence-electron chi connectivity index (χ2n) is 6.28. The number of H-pyrrole nitrogens is 1. The fraction of sp³-hybridized carbons (Fsp3) is 0.714. The fourth-order valence-corrected chi connectivity index (χ4v) is 2.48. The maximum Gasteiger partial charge on any atom is 0.411 e. The van der Waals surface area contributed by atoms with Crippen molar-refractivity contribution in [1.29, 1.82) is 0 Å². The third kappa shape index (κ3) is 3.08. The Morgan fingerprint density at radius 2 is 2.16 bits per heavy atom. The first-order valence-corrected chi connectivity index (χ1v) is 6.81. The van der Waals surface area contributed by atoms with Gasteiger partial charge in [0.15, 0.2) is 0 Å². The smallest absolute Gasteiger partial charge is 0.411 e. The first-order valence-electron chi connectivity index (χ1n) is 6.81.